The number of carbonyl (C=O) groups is 1. The van der Waals surface area contributed by atoms with E-state index in [-0.39, 0.29) is 6.61 Å². The Morgan fingerprint density at radius 3 is 2.52 bits per heavy atom. The van der Waals surface area contributed by atoms with Crippen molar-refractivity contribution >= 4 is 11.8 Å². The minimum atomic E-state index is -0.477. The summed E-state index contributed by atoms with van der Waals surface area (Å²) in [6.07, 6.45) is 0.986. The molecule has 1 N–H and O–H groups in total. The summed E-state index contributed by atoms with van der Waals surface area (Å²) in [6, 6.07) is 7.10. The monoisotopic (exact) mass is 344 g/mol. The number of methoxy groups -OCH3 is 3. The van der Waals surface area contributed by atoms with Crippen LogP contribution in [0.25, 0.3) is 0 Å². The second kappa shape index (κ2) is 7.29. The summed E-state index contributed by atoms with van der Waals surface area (Å²) in [6.45, 7) is 1.16. The first-order chi connectivity index (χ1) is 12.2. The van der Waals surface area contributed by atoms with Gasteiger partial charge in [0.15, 0.2) is 11.5 Å². The number of carbonyl (C=O) groups excluding carboxylic acids is 1. The van der Waals surface area contributed by atoms with Crippen molar-refractivity contribution in [3.05, 3.63) is 41.1 Å². The summed E-state index contributed by atoms with van der Waals surface area (Å²) >= 11 is 0. The Balaban J connectivity index is 1.84. The standard InChI is InChI=1S/C18H20N2O5/c1-22-14-8-12(18(21)24-3)9-15(23-2)16(14)25-10-13-5-4-11-6-7-19-17(11)20-13/h4-5,8-9H,6-7,10H2,1-3H3,(H,19,20). The van der Waals surface area contributed by atoms with Crippen LogP contribution in [0, 0.1) is 0 Å². The summed E-state index contributed by atoms with van der Waals surface area (Å²) in [4.78, 5) is 16.3. The molecule has 7 nitrogen and oxygen atoms in total. The van der Waals surface area contributed by atoms with Gasteiger partial charge in [0.25, 0.3) is 0 Å². The summed E-state index contributed by atoms with van der Waals surface area (Å²) < 4.78 is 21.3. The first-order valence-electron chi connectivity index (χ1n) is 7.86. The van der Waals surface area contributed by atoms with Crippen molar-refractivity contribution in [2.45, 2.75) is 13.0 Å². The fourth-order valence-corrected chi connectivity index (χ4v) is 2.68. The third-order valence-electron chi connectivity index (χ3n) is 3.97. The Morgan fingerprint density at radius 1 is 1.16 bits per heavy atom. The molecule has 0 bridgehead atoms. The normalized spacial score (nSPS) is 12.1. The average Bonchev–Trinajstić information content (AvgIpc) is 3.12. The maximum atomic E-state index is 11.8. The lowest BCUT2D eigenvalue weighted by Gasteiger charge is -2.15. The second-order valence-corrected chi connectivity index (χ2v) is 5.48. The largest absolute Gasteiger partial charge is 0.493 e. The number of nitrogens with one attached hydrogen (secondary N) is 1. The maximum absolute atomic E-state index is 11.8. The molecule has 7 heteroatoms. The molecule has 0 saturated carbocycles. The van der Waals surface area contributed by atoms with E-state index < -0.39 is 5.97 Å². The summed E-state index contributed by atoms with van der Waals surface area (Å²) in [7, 11) is 4.32. The number of hydrogen-bond acceptors (Lipinski definition) is 7. The molecule has 0 spiro atoms. The van der Waals surface area contributed by atoms with Gasteiger partial charge in [0.05, 0.1) is 32.6 Å². The van der Waals surface area contributed by atoms with Gasteiger partial charge >= 0.3 is 5.97 Å². The molecule has 25 heavy (non-hydrogen) atoms. The van der Waals surface area contributed by atoms with E-state index in [1.807, 2.05) is 6.07 Å². The predicted octanol–water partition coefficient (Wildman–Crippen LogP) is 2.43. The van der Waals surface area contributed by atoms with Gasteiger partial charge in [-0.1, -0.05) is 6.07 Å². The zero-order valence-corrected chi connectivity index (χ0v) is 14.4. The molecule has 3 rings (SSSR count). The smallest absolute Gasteiger partial charge is 0.338 e. The van der Waals surface area contributed by atoms with Crippen LogP contribution in [-0.2, 0) is 17.8 Å². The number of hydrogen-bond donors (Lipinski definition) is 1. The van der Waals surface area contributed by atoms with E-state index in [1.54, 1.807) is 12.1 Å². The molecular formula is C18H20N2O5. The van der Waals surface area contributed by atoms with Crippen LogP contribution in [-0.4, -0.2) is 38.8 Å². The maximum Gasteiger partial charge on any atom is 0.338 e. The van der Waals surface area contributed by atoms with Crippen LogP contribution < -0.4 is 19.5 Å². The number of rotatable bonds is 6. The molecule has 0 fully saturated rings. The van der Waals surface area contributed by atoms with Crippen LogP contribution >= 0.6 is 0 Å². The summed E-state index contributed by atoms with van der Waals surface area (Å²) in [5, 5.41) is 3.24. The molecule has 1 aromatic heterocycles. The number of benzene rings is 1. The summed E-state index contributed by atoms with van der Waals surface area (Å²) in [5.41, 5.74) is 2.32. The molecule has 0 unspecified atom stereocenters. The van der Waals surface area contributed by atoms with Crippen LogP contribution in [0.3, 0.4) is 0 Å². The highest BCUT2D eigenvalue weighted by Gasteiger charge is 2.19. The van der Waals surface area contributed by atoms with Gasteiger partial charge < -0.3 is 24.3 Å². The molecule has 0 radical (unpaired) electrons. The lowest BCUT2D eigenvalue weighted by atomic mass is 10.2. The number of pyridine rings is 1. The van der Waals surface area contributed by atoms with Crippen LogP contribution in [0.4, 0.5) is 5.82 Å². The van der Waals surface area contributed by atoms with E-state index in [1.165, 1.54) is 26.9 Å². The number of anilines is 1. The Kier molecular flexibility index (Phi) is 4.92. The van der Waals surface area contributed by atoms with E-state index in [0.29, 0.717) is 22.8 Å². The Morgan fingerprint density at radius 2 is 1.88 bits per heavy atom. The molecule has 1 aromatic carbocycles. The molecule has 0 atom stereocenters. The minimum Gasteiger partial charge on any atom is -0.493 e. The van der Waals surface area contributed by atoms with Crippen LogP contribution in [0.5, 0.6) is 17.2 Å². The quantitative estimate of drug-likeness (QED) is 0.806. The van der Waals surface area contributed by atoms with Gasteiger partial charge in [-0.05, 0) is 30.2 Å². The molecule has 132 valence electrons. The highest BCUT2D eigenvalue weighted by molar-refractivity contribution is 5.91. The van der Waals surface area contributed by atoms with Crippen molar-refractivity contribution in [1.29, 1.82) is 0 Å². The van der Waals surface area contributed by atoms with E-state index in [4.69, 9.17) is 18.9 Å². The molecule has 0 saturated heterocycles. The molecule has 0 aliphatic carbocycles. The fraction of sp³-hybridized carbons (Fsp3) is 0.333. The van der Waals surface area contributed by atoms with Gasteiger partial charge in [0.2, 0.25) is 5.75 Å². The first-order valence-corrected chi connectivity index (χ1v) is 7.86. The molecule has 1 aliphatic heterocycles. The first kappa shape index (κ1) is 16.9. The highest BCUT2D eigenvalue weighted by Crippen LogP contribution is 2.39. The minimum absolute atomic E-state index is 0.249. The lowest BCUT2D eigenvalue weighted by molar-refractivity contribution is 0.0599. The zero-order chi connectivity index (χ0) is 17.8. The average molecular weight is 344 g/mol. The SMILES string of the molecule is COC(=O)c1cc(OC)c(OCc2ccc3c(n2)NCC3)c(OC)c1. The Hall–Kier alpha value is -2.96. The fourth-order valence-electron chi connectivity index (χ4n) is 2.68. The van der Waals surface area contributed by atoms with E-state index in [9.17, 15) is 4.79 Å². The second-order valence-electron chi connectivity index (χ2n) is 5.48. The van der Waals surface area contributed by atoms with Gasteiger partial charge in [0, 0.05) is 6.54 Å². The van der Waals surface area contributed by atoms with E-state index >= 15 is 0 Å². The molecule has 2 aromatic rings. The number of nitrogens with zero attached hydrogens (tertiary/aromatic N) is 1. The van der Waals surface area contributed by atoms with Gasteiger partial charge in [0.1, 0.15) is 12.4 Å². The molecule has 1 aliphatic rings. The van der Waals surface area contributed by atoms with Crippen molar-refractivity contribution in [2.75, 3.05) is 33.2 Å². The number of fused-ring (bicyclic) bond motifs is 1. The van der Waals surface area contributed by atoms with Gasteiger partial charge in [-0.3, -0.25) is 0 Å². The van der Waals surface area contributed by atoms with Crippen molar-refractivity contribution in [3.8, 4) is 17.2 Å². The molecule has 0 amide bonds. The van der Waals surface area contributed by atoms with Crippen molar-refractivity contribution < 1.29 is 23.7 Å². The van der Waals surface area contributed by atoms with Crippen LogP contribution in [0.15, 0.2) is 24.3 Å². The molecular weight excluding hydrogens is 324 g/mol. The third kappa shape index (κ3) is 3.45. The van der Waals surface area contributed by atoms with Gasteiger partial charge in [-0.25, -0.2) is 9.78 Å². The van der Waals surface area contributed by atoms with E-state index in [2.05, 4.69) is 16.4 Å². The van der Waals surface area contributed by atoms with Crippen LogP contribution in [0.1, 0.15) is 21.6 Å². The topological polar surface area (TPSA) is 78.9 Å². The number of esters is 1. The third-order valence-corrected chi connectivity index (χ3v) is 3.97. The van der Waals surface area contributed by atoms with E-state index in [0.717, 1.165) is 24.5 Å². The van der Waals surface area contributed by atoms with Crippen molar-refractivity contribution in [3.63, 3.8) is 0 Å². The zero-order valence-electron chi connectivity index (χ0n) is 14.4. The van der Waals surface area contributed by atoms with Gasteiger partial charge in [-0.15, -0.1) is 0 Å². The Labute approximate surface area is 145 Å². The predicted molar refractivity (Wildman–Crippen MR) is 91.6 cm³/mol. The van der Waals surface area contributed by atoms with Gasteiger partial charge in [-0.2, -0.15) is 0 Å². The Bertz CT molecular complexity index is 766. The number of ether oxygens (including phenoxy) is 4. The van der Waals surface area contributed by atoms with Crippen molar-refractivity contribution in [2.24, 2.45) is 0 Å². The van der Waals surface area contributed by atoms with Crippen LogP contribution in [0.2, 0.25) is 0 Å². The summed E-state index contributed by atoms with van der Waals surface area (Å²) in [5.74, 6) is 1.61. The lowest BCUT2D eigenvalue weighted by Crippen LogP contribution is -2.06. The number of aromatic nitrogens is 1. The molecule has 2 heterocycles. The van der Waals surface area contributed by atoms with Crippen molar-refractivity contribution in [1.82, 2.24) is 4.98 Å². The highest BCUT2D eigenvalue weighted by atomic mass is 16.5.